The fraction of sp³-hybridized carbons (Fsp3) is 0.417. The van der Waals surface area contributed by atoms with Gasteiger partial charge in [0.25, 0.3) is 5.91 Å². The van der Waals surface area contributed by atoms with Gasteiger partial charge in [-0.2, -0.15) is 0 Å². The summed E-state index contributed by atoms with van der Waals surface area (Å²) in [7, 11) is 1.54. The van der Waals surface area contributed by atoms with Crippen LogP contribution in [-0.4, -0.2) is 44.2 Å². The molecule has 0 saturated carbocycles. The van der Waals surface area contributed by atoms with Gasteiger partial charge in [-0.25, -0.2) is 0 Å². The third-order valence-corrected chi connectivity index (χ3v) is 2.75. The third-order valence-electron chi connectivity index (χ3n) is 2.75. The maximum absolute atomic E-state index is 12.3. The SMILES string of the molecule is COc1ccc(N)cc1C(=O)N1CCOCC1. The van der Waals surface area contributed by atoms with E-state index in [0.29, 0.717) is 43.3 Å². The molecule has 0 radical (unpaired) electrons. The Kier molecular flexibility index (Phi) is 3.49. The van der Waals surface area contributed by atoms with Gasteiger partial charge in [-0.15, -0.1) is 0 Å². The van der Waals surface area contributed by atoms with Gasteiger partial charge >= 0.3 is 0 Å². The second kappa shape index (κ2) is 5.05. The van der Waals surface area contributed by atoms with Gasteiger partial charge in [0.05, 0.1) is 25.9 Å². The molecule has 1 aliphatic heterocycles. The minimum absolute atomic E-state index is 0.0579. The number of hydrogen-bond acceptors (Lipinski definition) is 4. The van der Waals surface area contributed by atoms with E-state index in [9.17, 15) is 4.79 Å². The van der Waals surface area contributed by atoms with Gasteiger partial charge in [-0.1, -0.05) is 0 Å². The summed E-state index contributed by atoms with van der Waals surface area (Å²) in [5, 5.41) is 0. The van der Waals surface area contributed by atoms with E-state index in [1.165, 1.54) is 0 Å². The zero-order chi connectivity index (χ0) is 12.3. The number of morpholine rings is 1. The summed E-state index contributed by atoms with van der Waals surface area (Å²) in [6.07, 6.45) is 0. The summed E-state index contributed by atoms with van der Waals surface area (Å²) in [5.41, 5.74) is 6.77. The molecule has 0 unspecified atom stereocenters. The first-order valence-corrected chi connectivity index (χ1v) is 5.53. The predicted octanol–water partition coefficient (Wildman–Crippen LogP) is 0.750. The van der Waals surface area contributed by atoms with Crippen molar-refractivity contribution in [2.24, 2.45) is 0 Å². The molecule has 1 heterocycles. The topological polar surface area (TPSA) is 64.8 Å². The molecule has 92 valence electrons. The van der Waals surface area contributed by atoms with Gasteiger partial charge < -0.3 is 20.1 Å². The molecule has 1 aromatic rings. The van der Waals surface area contributed by atoms with E-state index >= 15 is 0 Å². The standard InChI is InChI=1S/C12H16N2O3/c1-16-11-3-2-9(13)8-10(11)12(15)14-4-6-17-7-5-14/h2-3,8H,4-7,13H2,1H3. The molecule has 1 amide bonds. The smallest absolute Gasteiger partial charge is 0.257 e. The van der Waals surface area contributed by atoms with E-state index in [1.807, 2.05) is 0 Å². The molecule has 0 aliphatic carbocycles. The van der Waals surface area contributed by atoms with Gasteiger partial charge in [0.2, 0.25) is 0 Å². The molecular weight excluding hydrogens is 220 g/mol. The van der Waals surface area contributed by atoms with Crippen LogP contribution in [0, 0.1) is 0 Å². The van der Waals surface area contributed by atoms with Gasteiger partial charge in [-0.05, 0) is 18.2 Å². The first-order chi connectivity index (χ1) is 8.22. The molecule has 5 nitrogen and oxygen atoms in total. The molecule has 0 spiro atoms. The Morgan fingerprint density at radius 3 is 2.76 bits per heavy atom. The maximum Gasteiger partial charge on any atom is 0.257 e. The number of amides is 1. The van der Waals surface area contributed by atoms with Crippen molar-refractivity contribution in [1.82, 2.24) is 4.90 Å². The van der Waals surface area contributed by atoms with Gasteiger partial charge in [-0.3, -0.25) is 4.79 Å². The monoisotopic (exact) mass is 236 g/mol. The minimum Gasteiger partial charge on any atom is -0.496 e. The van der Waals surface area contributed by atoms with Crippen molar-refractivity contribution in [3.63, 3.8) is 0 Å². The summed E-state index contributed by atoms with van der Waals surface area (Å²) in [5.74, 6) is 0.494. The molecule has 1 saturated heterocycles. The second-order valence-corrected chi connectivity index (χ2v) is 3.86. The van der Waals surface area contributed by atoms with Crippen LogP contribution in [0.15, 0.2) is 18.2 Å². The summed E-state index contributed by atoms with van der Waals surface area (Å²) < 4.78 is 10.4. The highest BCUT2D eigenvalue weighted by atomic mass is 16.5. The van der Waals surface area contributed by atoms with Crippen molar-refractivity contribution in [1.29, 1.82) is 0 Å². The van der Waals surface area contributed by atoms with E-state index in [0.717, 1.165) is 0 Å². The van der Waals surface area contributed by atoms with Crippen LogP contribution in [0.5, 0.6) is 5.75 Å². The highest BCUT2D eigenvalue weighted by molar-refractivity contribution is 5.97. The fourth-order valence-electron chi connectivity index (χ4n) is 1.83. The molecule has 17 heavy (non-hydrogen) atoms. The number of rotatable bonds is 2. The Hall–Kier alpha value is -1.75. The Balaban J connectivity index is 2.25. The molecule has 0 aromatic heterocycles. The van der Waals surface area contributed by atoms with E-state index in [4.69, 9.17) is 15.2 Å². The molecule has 0 bridgehead atoms. The van der Waals surface area contributed by atoms with Gasteiger partial charge in [0.1, 0.15) is 5.75 Å². The quantitative estimate of drug-likeness (QED) is 0.769. The number of hydrogen-bond donors (Lipinski definition) is 1. The molecule has 2 N–H and O–H groups in total. The van der Waals surface area contributed by atoms with E-state index in [-0.39, 0.29) is 5.91 Å². The Morgan fingerprint density at radius 1 is 1.41 bits per heavy atom. The molecule has 1 aromatic carbocycles. The van der Waals surface area contributed by atoms with Crippen LogP contribution in [0.4, 0.5) is 5.69 Å². The first-order valence-electron chi connectivity index (χ1n) is 5.53. The Morgan fingerprint density at radius 2 is 2.12 bits per heavy atom. The summed E-state index contributed by atoms with van der Waals surface area (Å²) in [6, 6.07) is 5.08. The molecule has 1 aliphatic rings. The molecule has 2 rings (SSSR count). The lowest BCUT2D eigenvalue weighted by Gasteiger charge is -2.27. The molecule has 0 atom stereocenters. The van der Waals surface area contributed by atoms with Crippen LogP contribution in [0.25, 0.3) is 0 Å². The van der Waals surface area contributed by atoms with Gasteiger partial charge in [0.15, 0.2) is 0 Å². The number of benzene rings is 1. The minimum atomic E-state index is -0.0579. The van der Waals surface area contributed by atoms with Crippen molar-refractivity contribution in [3.05, 3.63) is 23.8 Å². The lowest BCUT2D eigenvalue weighted by Crippen LogP contribution is -2.40. The van der Waals surface area contributed by atoms with E-state index < -0.39 is 0 Å². The van der Waals surface area contributed by atoms with E-state index in [2.05, 4.69) is 0 Å². The molecule has 1 fully saturated rings. The number of carbonyl (C=O) groups excluding carboxylic acids is 1. The normalized spacial score (nSPS) is 15.7. The number of nitrogen functional groups attached to an aromatic ring is 1. The lowest BCUT2D eigenvalue weighted by atomic mass is 10.1. The zero-order valence-electron chi connectivity index (χ0n) is 9.81. The van der Waals surface area contributed by atoms with Crippen LogP contribution in [0.3, 0.4) is 0 Å². The highest BCUT2D eigenvalue weighted by Crippen LogP contribution is 2.23. The molecular formula is C12H16N2O3. The fourth-order valence-corrected chi connectivity index (χ4v) is 1.83. The first kappa shape index (κ1) is 11.7. The van der Waals surface area contributed by atoms with Crippen molar-refractivity contribution in [2.45, 2.75) is 0 Å². The third kappa shape index (κ3) is 2.50. The Labute approximate surface area is 100 Å². The summed E-state index contributed by atoms with van der Waals surface area (Å²) >= 11 is 0. The van der Waals surface area contributed by atoms with Crippen molar-refractivity contribution < 1.29 is 14.3 Å². The van der Waals surface area contributed by atoms with Gasteiger partial charge in [0, 0.05) is 18.8 Å². The maximum atomic E-state index is 12.3. The van der Waals surface area contributed by atoms with Crippen LogP contribution in [-0.2, 0) is 4.74 Å². The number of methoxy groups -OCH3 is 1. The highest BCUT2D eigenvalue weighted by Gasteiger charge is 2.21. The second-order valence-electron chi connectivity index (χ2n) is 3.86. The Bertz CT molecular complexity index is 414. The van der Waals surface area contributed by atoms with Crippen LogP contribution in [0.1, 0.15) is 10.4 Å². The van der Waals surface area contributed by atoms with Crippen LogP contribution < -0.4 is 10.5 Å². The predicted molar refractivity (Wildman–Crippen MR) is 64.1 cm³/mol. The zero-order valence-corrected chi connectivity index (χ0v) is 9.81. The average Bonchev–Trinajstić information content (AvgIpc) is 2.39. The van der Waals surface area contributed by atoms with Crippen LogP contribution >= 0.6 is 0 Å². The van der Waals surface area contributed by atoms with Crippen molar-refractivity contribution >= 4 is 11.6 Å². The largest absolute Gasteiger partial charge is 0.496 e. The van der Waals surface area contributed by atoms with Crippen molar-refractivity contribution in [3.8, 4) is 5.75 Å². The molecule has 5 heteroatoms. The van der Waals surface area contributed by atoms with Crippen LogP contribution in [0.2, 0.25) is 0 Å². The number of nitrogens with zero attached hydrogens (tertiary/aromatic N) is 1. The summed E-state index contributed by atoms with van der Waals surface area (Å²) in [4.78, 5) is 14.0. The number of nitrogens with two attached hydrogens (primary N) is 1. The lowest BCUT2D eigenvalue weighted by molar-refractivity contribution is 0.0301. The van der Waals surface area contributed by atoms with E-state index in [1.54, 1.807) is 30.2 Å². The summed E-state index contributed by atoms with van der Waals surface area (Å²) in [6.45, 7) is 2.38. The number of ether oxygens (including phenoxy) is 2. The number of anilines is 1. The average molecular weight is 236 g/mol. The number of carbonyl (C=O) groups is 1. The van der Waals surface area contributed by atoms with Crippen molar-refractivity contribution in [2.75, 3.05) is 39.1 Å².